The summed E-state index contributed by atoms with van der Waals surface area (Å²) >= 11 is 0. The third-order valence-corrected chi connectivity index (χ3v) is 14.0. The zero-order valence-electron chi connectivity index (χ0n) is 41.9. The molecule has 6 heteroatoms. The Kier molecular flexibility index (Phi) is 12.8. The number of hydrogen-bond donors (Lipinski definition) is 0. The molecule has 1 aliphatic heterocycles. The first-order chi connectivity index (χ1) is 32.9. The molecule has 1 aliphatic rings. The van der Waals surface area contributed by atoms with E-state index >= 15 is 0 Å². The summed E-state index contributed by atoms with van der Waals surface area (Å²) in [7, 11) is 0. The summed E-state index contributed by atoms with van der Waals surface area (Å²) in [5.41, 5.74) is 12.6. The molecule has 0 N–H and O–H groups in total. The molecule has 2 aromatic heterocycles. The smallest absolute Gasteiger partial charge is 0.135 e. The summed E-state index contributed by atoms with van der Waals surface area (Å²) in [6.07, 6.45) is 4.21. The topological polar surface area (TPSA) is 33.5 Å². The van der Waals surface area contributed by atoms with Gasteiger partial charge >= 0.3 is 0 Å². The van der Waals surface area contributed by atoms with Crippen LogP contribution in [0.15, 0.2) is 188 Å². The van der Waals surface area contributed by atoms with Crippen LogP contribution >= 0.6 is 0 Å². The van der Waals surface area contributed by atoms with Gasteiger partial charge in [0.05, 0.1) is 0 Å². The van der Waals surface area contributed by atoms with E-state index in [1.54, 1.807) is 0 Å². The molecule has 0 bridgehead atoms. The van der Waals surface area contributed by atoms with E-state index in [2.05, 4.69) is 272 Å². The van der Waals surface area contributed by atoms with Crippen molar-refractivity contribution in [1.29, 1.82) is 0 Å². The van der Waals surface area contributed by atoms with Crippen LogP contribution in [0.2, 0.25) is 0 Å². The van der Waals surface area contributed by atoms with Gasteiger partial charge in [-0.1, -0.05) is 190 Å². The minimum atomic E-state index is -0.371. The van der Waals surface area contributed by atoms with E-state index in [1.807, 2.05) is 12.3 Å². The first-order valence-corrected chi connectivity index (χ1v) is 24.1. The van der Waals surface area contributed by atoms with Gasteiger partial charge in [-0.2, -0.15) is 6.07 Å². The van der Waals surface area contributed by atoms with Gasteiger partial charge in [0.25, 0.3) is 0 Å². The van der Waals surface area contributed by atoms with Gasteiger partial charge in [0, 0.05) is 66.5 Å². The Morgan fingerprint density at radius 2 is 1.13 bits per heavy atom. The fourth-order valence-electron chi connectivity index (χ4n) is 9.63. The van der Waals surface area contributed by atoms with Gasteiger partial charge in [0.1, 0.15) is 5.82 Å². The summed E-state index contributed by atoms with van der Waals surface area (Å²) < 4.78 is 9.23. The number of aromatic nitrogens is 2. The summed E-state index contributed by atoms with van der Waals surface area (Å²) in [4.78, 5) is 9.56. The Morgan fingerprint density at radius 3 is 1.79 bits per heavy atom. The number of anilines is 2. The van der Waals surface area contributed by atoms with Crippen LogP contribution in [0.4, 0.5) is 11.4 Å². The molecule has 0 radical (unpaired) electrons. The maximum Gasteiger partial charge on any atom is 0.135 e. The molecule has 0 spiro atoms. The Hall–Kier alpha value is -6.68. The molecule has 356 valence electrons. The average Bonchev–Trinajstić information content (AvgIpc) is 3.96. The minimum Gasteiger partial charge on any atom is -0.509 e. The van der Waals surface area contributed by atoms with Gasteiger partial charge in [-0.15, -0.1) is 53.6 Å². The number of allylic oxidation sites excluding steroid dienone is 1. The number of nitrogens with zero attached hydrogens (tertiary/aromatic N) is 4. The Bertz CT molecular complexity index is 3360. The van der Waals surface area contributed by atoms with E-state index in [9.17, 15) is 0 Å². The van der Waals surface area contributed by atoms with Crippen LogP contribution in [0.25, 0.3) is 38.8 Å². The van der Waals surface area contributed by atoms with Crippen molar-refractivity contribution in [3.05, 3.63) is 235 Å². The molecule has 0 fully saturated rings. The summed E-state index contributed by atoms with van der Waals surface area (Å²) in [5.74, 6) is 2.03. The number of pyridine rings is 1. The summed E-state index contributed by atoms with van der Waals surface area (Å²) in [6.45, 7) is 25.0. The second-order valence-electron chi connectivity index (χ2n) is 21.6. The standard InChI is InChI=1S/C64H61N4O.Pt/c1-61(2,3)49-34-45(44-22-14-11-15-23-44)35-51(36-49)66-42-59(62(4,5)6)67(43-66)52-37-50(64(9,10)47-26-18-13-19-27-47)38-54(40-52)69-53-30-31-56-55-28-20-21-29-57(55)68(58(56)41-53)60-39-48(32-33-65-60)63(7,8)46-24-16-12-17-25-46;/h11-39,42-43H,1-10H3;/q-3;. The zero-order valence-corrected chi connectivity index (χ0v) is 44.2. The molecule has 0 saturated carbocycles. The minimum absolute atomic E-state index is 0. The monoisotopic (exact) mass is 1100 g/mol. The molecule has 0 unspecified atom stereocenters. The van der Waals surface area contributed by atoms with Gasteiger partial charge < -0.3 is 19.1 Å². The maximum absolute atomic E-state index is 7.01. The van der Waals surface area contributed by atoms with Gasteiger partial charge in [-0.3, -0.25) is 0 Å². The molecule has 0 atom stereocenters. The van der Waals surface area contributed by atoms with Crippen LogP contribution in [0.1, 0.15) is 97.1 Å². The van der Waals surface area contributed by atoms with Gasteiger partial charge in [-0.25, -0.2) is 4.98 Å². The molecule has 10 rings (SSSR count). The van der Waals surface area contributed by atoms with Crippen LogP contribution in [0, 0.1) is 24.2 Å². The van der Waals surface area contributed by atoms with E-state index < -0.39 is 0 Å². The first-order valence-electron chi connectivity index (χ1n) is 24.1. The van der Waals surface area contributed by atoms with Crippen molar-refractivity contribution in [3.63, 3.8) is 0 Å². The van der Waals surface area contributed by atoms with E-state index in [0.717, 1.165) is 50.3 Å². The molecule has 0 amide bonds. The van der Waals surface area contributed by atoms with Crippen molar-refractivity contribution >= 4 is 33.2 Å². The summed E-state index contributed by atoms with van der Waals surface area (Å²) in [6, 6.07) is 68.0. The number of benzene rings is 7. The van der Waals surface area contributed by atoms with Crippen LogP contribution in [-0.2, 0) is 37.3 Å². The van der Waals surface area contributed by atoms with Crippen LogP contribution in [0.3, 0.4) is 0 Å². The number of rotatable bonds is 10. The average molecular weight is 1100 g/mol. The number of ether oxygens (including phenoxy) is 1. The molecular formula is C64H61N4OPt-3. The number of hydrogen-bond acceptors (Lipinski definition) is 4. The van der Waals surface area contributed by atoms with Crippen LogP contribution in [-0.4, -0.2) is 9.55 Å². The third kappa shape index (κ3) is 9.25. The van der Waals surface area contributed by atoms with Crippen molar-refractivity contribution in [3.8, 4) is 28.4 Å². The molecule has 0 saturated heterocycles. The molecule has 0 aliphatic carbocycles. The van der Waals surface area contributed by atoms with E-state index in [4.69, 9.17) is 9.72 Å². The van der Waals surface area contributed by atoms with Gasteiger partial charge in [0.2, 0.25) is 0 Å². The van der Waals surface area contributed by atoms with E-state index in [-0.39, 0.29) is 42.7 Å². The first kappa shape index (κ1) is 48.3. The normalized spacial score (nSPS) is 13.4. The SMILES string of the molecule is CC(C)(C)C1=CN(c2cc(-c3ccccc3)cc(C(C)(C)C)c2)[CH-]N1c1[c-]c(Oc2[c-]c3c(cc2)c2ccccc2n3-c2cc(C(C)(C)c3ccccc3)ccn2)cc(C(C)(C)c2ccccc2)c1.[Pt]. The largest absolute Gasteiger partial charge is 0.509 e. The molecular weight excluding hydrogens is 1040 g/mol. The second-order valence-corrected chi connectivity index (χ2v) is 21.6. The van der Waals surface area contributed by atoms with Crippen molar-refractivity contribution in [2.24, 2.45) is 5.41 Å². The van der Waals surface area contributed by atoms with Crippen molar-refractivity contribution in [2.45, 2.75) is 85.5 Å². The molecule has 7 aromatic carbocycles. The summed E-state index contributed by atoms with van der Waals surface area (Å²) in [5, 5.41) is 2.21. The third-order valence-electron chi connectivity index (χ3n) is 14.0. The van der Waals surface area contributed by atoms with Gasteiger partial charge in [-0.05, 0) is 86.1 Å². The Labute approximate surface area is 429 Å². The van der Waals surface area contributed by atoms with Crippen molar-refractivity contribution < 1.29 is 25.8 Å². The Balaban J connectivity index is 0.00000608. The van der Waals surface area contributed by atoms with Gasteiger partial charge in [0.15, 0.2) is 0 Å². The molecule has 9 aromatic rings. The van der Waals surface area contributed by atoms with E-state index in [0.29, 0.717) is 11.5 Å². The predicted octanol–water partition coefficient (Wildman–Crippen LogP) is 16.5. The predicted molar refractivity (Wildman–Crippen MR) is 287 cm³/mol. The second kappa shape index (κ2) is 18.6. The molecule has 3 heterocycles. The van der Waals surface area contributed by atoms with Crippen LogP contribution < -0.4 is 14.5 Å². The maximum atomic E-state index is 7.01. The number of fused-ring (bicyclic) bond motifs is 3. The Morgan fingerprint density at radius 1 is 0.500 bits per heavy atom. The molecule has 5 nitrogen and oxygen atoms in total. The van der Waals surface area contributed by atoms with Crippen LogP contribution in [0.5, 0.6) is 11.5 Å². The van der Waals surface area contributed by atoms with Crippen molar-refractivity contribution in [2.75, 3.05) is 9.80 Å². The fraction of sp³-hybridized carbons (Fsp3) is 0.219. The number of para-hydroxylation sites is 1. The fourth-order valence-corrected chi connectivity index (χ4v) is 9.63. The zero-order chi connectivity index (χ0) is 48.3. The quantitative estimate of drug-likeness (QED) is 0.128. The van der Waals surface area contributed by atoms with E-state index in [1.165, 1.54) is 33.4 Å². The molecule has 70 heavy (non-hydrogen) atoms. The van der Waals surface area contributed by atoms with Crippen molar-refractivity contribution in [1.82, 2.24) is 9.55 Å².